The van der Waals surface area contributed by atoms with Crippen molar-refractivity contribution in [2.45, 2.75) is 52.7 Å². The molecule has 1 saturated heterocycles. The van der Waals surface area contributed by atoms with Crippen LogP contribution in [-0.2, 0) is 4.79 Å². The van der Waals surface area contributed by atoms with Gasteiger partial charge in [-0.25, -0.2) is 0 Å². The third-order valence-electron chi connectivity index (χ3n) is 4.63. The van der Waals surface area contributed by atoms with Gasteiger partial charge in [-0.15, -0.1) is 0 Å². The summed E-state index contributed by atoms with van der Waals surface area (Å²) in [5.74, 6) is 0.862. The van der Waals surface area contributed by atoms with E-state index in [0.29, 0.717) is 13.0 Å². The van der Waals surface area contributed by atoms with Crippen molar-refractivity contribution in [2.75, 3.05) is 13.1 Å². The zero-order chi connectivity index (χ0) is 16.3. The Morgan fingerprint density at radius 1 is 1.45 bits per heavy atom. The second kappa shape index (κ2) is 6.69. The van der Waals surface area contributed by atoms with E-state index in [9.17, 15) is 4.79 Å². The fraction of sp³-hybridized carbons (Fsp3) is 0.611. The summed E-state index contributed by atoms with van der Waals surface area (Å²) in [5, 5.41) is 0. The monoisotopic (exact) mass is 304 g/mol. The Morgan fingerprint density at radius 2 is 2.14 bits per heavy atom. The molecule has 1 aliphatic rings. The first-order chi connectivity index (χ1) is 10.3. The van der Waals surface area contributed by atoms with Crippen LogP contribution < -0.4 is 10.5 Å². The largest absolute Gasteiger partial charge is 0.480 e. The Morgan fingerprint density at radius 3 is 2.73 bits per heavy atom. The average molecular weight is 304 g/mol. The first-order valence-corrected chi connectivity index (χ1v) is 8.12. The second-order valence-electron chi connectivity index (χ2n) is 6.92. The van der Waals surface area contributed by atoms with Gasteiger partial charge in [-0.3, -0.25) is 4.79 Å². The summed E-state index contributed by atoms with van der Waals surface area (Å²) in [6.07, 6.45) is 1.08. The van der Waals surface area contributed by atoms with Crippen molar-refractivity contribution < 1.29 is 9.53 Å². The Balaban J connectivity index is 2.08. The molecule has 1 aromatic carbocycles. The molecule has 2 unspecified atom stereocenters. The molecule has 0 spiro atoms. The van der Waals surface area contributed by atoms with Crippen LogP contribution in [0.25, 0.3) is 0 Å². The number of ether oxygens (including phenoxy) is 1. The van der Waals surface area contributed by atoms with Crippen molar-refractivity contribution in [3.63, 3.8) is 0 Å². The first-order valence-electron chi connectivity index (χ1n) is 8.12. The predicted octanol–water partition coefficient (Wildman–Crippen LogP) is 2.74. The van der Waals surface area contributed by atoms with Crippen molar-refractivity contribution in [1.29, 1.82) is 0 Å². The lowest BCUT2D eigenvalue weighted by atomic mass is 9.79. The van der Waals surface area contributed by atoms with Gasteiger partial charge in [-0.2, -0.15) is 0 Å². The molecule has 0 saturated carbocycles. The minimum atomic E-state index is -0.425. The van der Waals surface area contributed by atoms with E-state index in [1.165, 1.54) is 0 Å². The molecule has 2 atom stereocenters. The second-order valence-corrected chi connectivity index (χ2v) is 6.92. The number of rotatable bonds is 4. The number of nitrogens with zero attached hydrogens (tertiary/aromatic N) is 1. The van der Waals surface area contributed by atoms with Crippen LogP contribution in [-0.4, -0.2) is 36.0 Å². The maximum absolute atomic E-state index is 12.8. The van der Waals surface area contributed by atoms with Crippen LogP contribution in [0.2, 0.25) is 0 Å². The number of nitrogens with two attached hydrogens (primary N) is 1. The van der Waals surface area contributed by atoms with Gasteiger partial charge in [-0.05, 0) is 36.8 Å². The zero-order valence-corrected chi connectivity index (χ0v) is 14.1. The first kappa shape index (κ1) is 16.8. The molecule has 2 rings (SSSR count). The third-order valence-corrected chi connectivity index (χ3v) is 4.63. The van der Waals surface area contributed by atoms with Crippen LogP contribution in [0.5, 0.6) is 5.75 Å². The molecule has 0 aromatic heterocycles. The molecule has 1 amide bonds. The standard InChI is InChI=1S/C18H28N2O2/c1-5-14(22-15-9-7-6-8-13(15)2)17(21)20-11-10-16(19)18(3,4)12-20/h6-9,14,16H,5,10-12,19H2,1-4H3. The fourth-order valence-corrected chi connectivity index (χ4v) is 2.92. The quantitative estimate of drug-likeness (QED) is 0.930. The molecule has 0 radical (unpaired) electrons. The Hall–Kier alpha value is -1.55. The third kappa shape index (κ3) is 3.61. The molecule has 0 bridgehead atoms. The predicted molar refractivity (Wildman–Crippen MR) is 88.8 cm³/mol. The number of piperidine rings is 1. The Labute approximate surface area is 133 Å². The van der Waals surface area contributed by atoms with Crippen LogP contribution >= 0.6 is 0 Å². The van der Waals surface area contributed by atoms with Crippen LogP contribution in [0.15, 0.2) is 24.3 Å². The van der Waals surface area contributed by atoms with Gasteiger partial charge in [-0.1, -0.05) is 39.0 Å². The van der Waals surface area contributed by atoms with E-state index in [2.05, 4.69) is 13.8 Å². The van der Waals surface area contributed by atoms with E-state index >= 15 is 0 Å². The van der Waals surface area contributed by atoms with E-state index in [-0.39, 0.29) is 17.4 Å². The minimum Gasteiger partial charge on any atom is -0.480 e. The number of likely N-dealkylation sites (tertiary alicyclic amines) is 1. The van der Waals surface area contributed by atoms with Gasteiger partial charge in [0, 0.05) is 19.1 Å². The molecule has 4 nitrogen and oxygen atoms in total. The molecule has 1 aromatic rings. The molecule has 1 heterocycles. The Bertz CT molecular complexity index is 528. The number of aryl methyl sites for hydroxylation is 1. The Kier molecular flexibility index (Phi) is 5.12. The molecule has 1 fully saturated rings. The van der Waals surface area contributed by atoms with Gasteiger partial charge < -0.3 is 15.4 Å². The normalized spacial score (nSPS) is 22.2. The highest BCUT2D eigenvalue weighted by Crippen LogP contribution is 2.29. The van der Waals surface area contributed by atoms with Crippen LogP contribution in [0.1, 0.15) is 39.2 Å². The molecule has 4 heteroatoms. The number of amides is 1. The highest BCUT2D eigenvalue weighted by molar-refractivity contribution is 5.81. The van der Waals surface area contributed by atoms with Gasteiger partial charge in [0.2, 0.25) is 0 Å². The maximum atomic E-state index is 12.8. The van der Waals surface area contributed by atoms with Crippen molar-refractivity contribution in [3.8, 4) is 5.75 Å². The summed E-state index contributed by atoms with van der Waals surface area (Å²) in [4.78, 5) is 14.7. The van der Waals surface area contributed by atoms with Crippen molar-refractivity contribution >= 4 is 5.91 Å². The van der Waals surface area contributed by atoms with Gasteiger partial charge in [0.15, 0.2) is 6.10 Å². The maximum Gasteiger partial charge on any atom is 0.263 e. The molecule has 22 heavy (non-hydrogen) atoms. The number of hydrogen-bond acceptors (Lipinski definition) is 3. The van der Waals surface area contributed by atoms with E-state index in [1.807, 2.05) is 43.0 Å². The lowest BCUT2D eigenvalue weighted by Gasteiger charge is -2.43. The van der Waals surface area contributed by atoms with Gasteiger partial charge in [0.25, 0.3) is 5.91 Å². The fourth-order valence-electron chi connectivity index (χ4n) is 2.92. The summed E-state index contributed by atoms with van der Waals surface area (Å²) in [6.45, 7) is 9.65. The van der Waals surface area contributed by atoms with E-state index < -0.39 is 6.10 Å². The number of para-hydroxylation sites is 1. The van der Waals surface area contributed by atoms with Crippen LogP contribution in [0.4, 0.5) is 0 Å². The highest BCUT2D eigenvalue weighted by Gasteiger charge is 2.37. The molecule has 0 aliphatic carbocycles. The minimum absolute atomic E-state index is 0.0468. The molecular weight excluding hydrogens is 276 g/mol. The van der Waals surface area contributed by atoms with E-state index in [4.69, 9.17) is 10.5 Å². The number of carbonyl (C=O) groups excluding carboxylic acids is 1. The summed E-state index contributed by atoms with van der Waals surface area (Å²) in [5.41, 5.74) is 7.16. The summed E-state index contributed by atoms with van der Waals surface area (Å²) < 4.78 is 5.98. The van der Waals surface area contributed by atoms with Gasteiger partial charge >= 0.3 is 0 Å². The topological polar surface area (TPSA) is 55.6 Å². The lowest BCUT2D eigenvalue weighted by molar-refractivity contribution is -0.142. The van der Waals surface area contributed by atoms with Crippen molar-refractivity contribution in [2.24, 2.45) is 11.1 Å². The molecule has 1 aliphatic heterocycles. The molecule has 122 valence electrons. The number of hydrogen-bond donors (Lipinski definition) is 1. The van der Waals surface area contributed by atoms with Crippen molar-refractivity contribution in [3.05, 3.63) is 29.8 Å². The SMILES string of the molecule is CCC(Oc1ccccc1C)C(=O)N1CCC(N)C(C)(C)C1. The molecule has 2 N–H and O–H groups in total. The van der Waals surface area contributed by atoms with E-state index in [0.717, 1.165) is 24.3 Å². The van der Waals surface area contributed by atoms with Gasteiger partial charge in [0.05, 0.1) is 0 Å². The number of carbonyl (C=O) groups is 1. The van der Waals surface area contributed by atoms with Gasteiger partial charge in [0.1, 0.15) is 5.75 Å². The van der Waals surface area contributed by atoms with Crippen molar-refractivity contribution in [1.82, 2.24) is 4.90 Å². The highest BCUT2D eigenvalue weighted by atomic mass is 16.5. The van der Waals surface area contributed by atoms with Crippen LogP contribution in [0, 0.1) is 12.3 Å². The average Bonchev–Trinajstić information content (AvgIpc) is 2.48. The van der Waals surface area contributed by atoms with E-state index in [1.54, 1.807) is 0 Å². The van der Waals surface area contributed by atoms with Crippen LogP contribution in [0.3, 0.4) is 0 Å². The lowest BCUT2D eigenvalue weighted by Crippen LogP contribution is -2.56. The zero-order valence-electron chi connectivity index (χ0n) is 14.1. The number of benzene rings is 1. The summed E-state index contributed by atoms with van der Waals surface area (Å²) in [6, 6.07) is 7.97. The molecular formula is C18H28N2O2. The smallest absolute Gasteiger partial charge is 0.263 e. The summed E-state index contributed by atoms with van der Waals surface area (Å²) >= 11 is 0. The summed E-state index contributed by atoms with van der Waals surface area (Å²) in [7, 11) is 0.